The molecule has 1 unspecified atom stereocenters. The van der Waals surface area contributed by atoms with Crippen LogP contribution in [-0.4, -0.2) is 126 Å². The average Bonchev–Trinajstić information content (AvgIpc) is 3.86. The monoisotopic (exact) mass is 772 g/mol. The molecule has 0 bridgehead atoms. The van der Waals surface area contributed by atoms with E-state index in [1.165, 1.54) is 14.7 Å². The Morgan fingerprint density at radius 1 is 0.821 bits per heavy atom. The smallest absolute Gasteiger partial charge is 0.328 e. The molecule has 56 heavy (non-hydrogen) atoms. The number of ether oxygens (including phenoxy) is 2. The standard InChI is InChI=1S/C41H52N6O9/c1-25-20-34-41(54)56-24-31(44-36(49)30(21-27-10-5-4-6-11-27)43-35(48)22-28-14-16-29(55-3)17-15-28)39(52)46-19-9-13-33(46)40(53)45-18-8-7-12-32(45)37(50)42-26(2)38(51)47(34)23-25/h4-6,10-11,14-17,25-26,30-34H,7-9,12-13,18-24H2,1-3H3,(H,42,50)(H,43,48)(H,44,49)/t25-,26+,30+,31+,32+,33+,34?/m1/s1. The lowest BCUT2D eigenvalue weighted by molar-refractivity contribution is -0.158. The van der Waals surface area contributed by atoms with Gasteiger partial charge in [-0.2, -0.15) is 0 Å². The van der Waals surface area contributed by atoms with Gasteiger partial charge < -0.3 is 40.1 Å². The average molecular weight is 773 g/mol. The molecular formula is C41H52N6O9. The molecule has 6 rings (SSSR count). The van der Waals surface area contributed by atoms with Crippen molar-refractivity contribution in [2.24, 2.45) is 5.92 Å². The predicted molar refractivity (Wildman–Crippen MR) is 203 cm³/mol. The molecule has 4 aliphatic heterocycles. The lowest BCUT2D eigenvalue weighted by Gasteiger charge is -2.39. The van der Waals surface area contributed by atoms with E-state index in [1.54, 1.807) is 38.3 Å². The van der Waals surface area contributed by atoms with Gasteiger partial charge in [0.1, 0.15) is 48.6 Å². The first kappa shape index (κ1) is 40.2. The summed E-state index contributed by atoms with van der Waals surface area (Å²) in [6.45, 7) is 3.70. The summed E-state index contributed by atoms with van der Waals surface area (Å²) in [7, 11) is 1.55. The number of rotatable bonds is 8. The van der Waals surface area contributed by atoms with E-state index in [-0.39, 0.29) is 37.8 Å². The lowest BCUT2D eigenvalue weighted by Crippen LogP contribution is -2.62. The van der Waals surface area contributed by atoms with Crippen LogP contribution in [0, 0.1) is 5.92 Å². The third kappa shape index (κ3) is 9.31. The second-order valence-electron chi connectivity index (χ2n) is 15.3. The number of esters is 1. The molecule has 2 aromatic rings. The van der Waals surface area contributed by atoms with E-state index in [4.69, 9.17) is 9.47 Å². The van der Waals surface area contributed by atoms with Crippen LogP contribution in [0.5, 0.6) is 5.75 Å². The minimum Gasteiger partial charge on any atom is -0.497 e. The highest BCUT2D eigenvalue weighted by Gasteiger charge is 2.46. The molecule has 15 nitrogen and oxygen atoms in total. The minimum absolute atomic E-state index is 0.0245. The zero-order chi connectivity index (χ0) is 39.9. The van der Waals surface area contributed by atoms with Gasteiger partial charge in [-0.15, -0.1) is 0 Å². The second-order valence-corrected chi connectivity index (χ2v) is 15.3. The van der Waals surface area contributed by atoms with Gasteiger partial charge in [-0.3, -0.25) is 28.8 Å². The number of nitrogens with one attached hydrogen (secondary N) is 3. The van der Waals surface area contributed by atoms with Gasteiger partial charge >= 0.3 is 5.97 Å². The third-order valence-corrected chi connectivity index (χ3v) is 11.2. The number of fused-ring (bicyclic) bond motifs is 3. The summed E-state index contributed by atoms with van der Waals surface area (Å²) in [5.74, 6) is -3.20. The lowest BCUT2D eigenvalue weighted by atomic mass is 9.99. The molecule has 0 radical (unpaired) electrons. The van der Waals surface area contributed by atoms with Crippen LogP contribution < -0.4 is 20.7 Å². The van der Waals surface area contributed by atoms with Crippen LogP contribution in [0.1, 0.15) is 63.5 Å². The van der Waals surface area contributed by atoms with Crippen molar-refractivity contribution in [2.75, 3.05) is 33.4 Å². The van der Waals surface area contributed by atoms with Gasteiger partial charge in [0, 0.05) is 26.1 Å². The zero-order valence-electron chi connectivity index (χ0n) is 32.2. The van der Waals surface area contributed by atoms with Crippen molar-refractivity contribution in [3.63, 3.8) is 0 Å². The van der Waals surface area contributed by atoms with E-state index in [9.17, 15) is 33.6 Å². The number of hydrogen-bond donors (Lipinski definition) is 3. The Balaban J connectivity index is 1.29. The van der Waals surface area contributed by atoms with E-state index in [0.717, 1.165) is 5.56 Å². The third-order valence-electron chi connectivity index (χ3n) is 11.2. The van der Waals surface area contributed by atoms with Crippen LogP contribution >= 0.6 is 0 Å². The molecule has 3 N–H and O–H groups in total. The van der Waals surface area contributed by atoms with Crippen LogP contribution in [0.4, 0.5) is 0 Å². The number of carbonyl (C=O) groups excluding carboxylic acids is 7. The molecule has 4 aliphatic rings. The Morgan fingerprint density at radius 2 is 1.52 bits per heavy atom. The number of carbonyl (C=O) groups is 7. The van der Waals surface area contributed by atoms with E-state index in [2.05, 4.69) is 16.0 Å². The molecular weight excluding hydrogens is 720 g/mol. The van der Waals surface area contributed by atoms with Gasteiger partial charge in [0.15, 0.2) is 0 Å². The fourth-order valence-corrected chi connectivity index (χ4v) is 8.22. The molecule has 0 aliphatic carbocycles. The molecule has 4 fully saturated rings. The second kappa shape index (κ2) is 18.0. The van der Waals surface area contributed by atoms with E-state index >= 15 is 0 Å². The van der Waals surface area contributed by atoms with E-state index < -0.39 is 78.4 Å². The highest BCUT2D eigenvalue weighted by atomic mass is 16.5. The molecule has 4 heterocycles. The molecule has 300 valence electrons. The van der Waals surface area contributed by atoms with Crippen LogP contribution in [0.3, 0.4) is 0 Å². The Bertz CT molecular complexity index is 1790. The Morgan fingerprint density at radius 3 is 2.25 bits per heavy atom. The number of amides is 6. The number of cyclic esters (lactones) is 1. The van der Waals surface area contributed by atoms with Gasteiger partial charge in [0.25, 0.3) is 0 Å². The molecule has 0 aromatic heterocycles. The van der Waals surface area contributed by atoms with Gasteiger partial charge in [0.2, 0.25) is 35.4 Å². The van der Waals surface area contributed by atoms with Gasteiger partial charge in [-0.1, -0.05) is 49.4 Å². The van der Waals surface area contributed by atoms with Gasteiger partial charge in [-0.05, 0) is 74.6 Å². The zero-order valence-corrected chi connectivity index (χ0v) is 32.2. The highest BCUT2D eigenvalue weighted by Crippen LogP contribution is 2.28. The summed E-state index contributed by atoms with van der Waals surface area (Å²) < 4.78 is 11.0. The quantitative estimate of drug-likeness (QED) is 0.331. The van der Waals surface area contributed by atoms with E-state index in [0.29, 0.717) is 56.4 Å². The Kier molecular flexibility index (Phi) is 12.9. The molecule has 0 spiro atoms. The van der Waals surface area contributed by atoms with Crippen LogP contribution in [-0.2, 0) is 51.1 Å². The van der Waals surface area contributed by atoms with Crippen LogP contribution in [0.2, 0.25) is 0 Å². The number of piperidine rings is 1. The van der Waals surface area contributed by atoms with Gasteiger partial charge in [0.05, 0.1) is 13.5 Å². The number of methoxy groups -OCH3 is 1. The first-order valence-corrected chi connectivity index (χ1v) is 19.6. The summed E-state index contributed by atoms with van der Waals surface area (Å²) in [6, 6.07) is 9.86. The van der Waals surface area contributed by atoms with Crippen molar-refractivity contribution in [3.8, 4) is 5.75 Å². The SMILES string of the molecule is COc1ccc(CC(=O)N[C@@H](Cc2ccccc2)C(=O)N[C@H]2COC(=O)C3C[C@@H](C)CN3C(=O)[C@H](C)NC(=O)[C@@H]3CCCCN3C(=O)[C@@H]3CCCN3C2=O)cc1. The van der Waals surface area contributed by atoms with Crippen molar-refractivity contribution >= 4 is 41.4 Å². The van der Waals surface area contributed by atoms with Crippen molar-refractivity contribution < 1.29 is 43.0 Å². The maximum Gasteiger partial charge on any atom is 0.328 e. The fourth-order valence-electron chi connectivity index (χ4n) is 8.22. The number of nitrogens with zero attached hydrogens (tertiary/aromatic N) is 3. The summed E-state index contributed by atoms with van der Waals surface area (Å²) >= 11 is 0. The summed E-state index contributed by atoms with van der Waals surface area (Å²) in [6.07, 6.45) is 3.03. The summed E-state index contributed by atoms with van der Waals surface area (Å²) in [5, 5.41) is 8.38. The van der Waals surface area contributed by atoms with E-state index in [1.807, 2.05) is 37.3 Å². The normalized spacial score (nSPS) is 26.7. The minimum atomic E-state index is -1.42. The molecule has 6 amide bonds. The van der Waals surface area contributed by atoms with Crippen molar-refractivity contribution in [1.29, 1.82) is 0 Å². The first-order chi connectivity index (χ1) is 26.9. The van der Waals surface area contributed by atoms with Crippen LogP contribution in [0.15, 0.2) is 54.6 Å². The molecule has 15 heteroatoms. The first-order valence-electron chi connectivity index (χ1n) is 19.6. The Hall–Kier alpha value is -5.47. The fraction of sp³-hybridized carbons (Fsp3) is 0.537. The summed E-state index contributed by atoms with van der Waals surface area (Å²) in [4.78, 5) is 102. The van der Waals surface area contributed by atoms with Crippen molar-refractivity contribution in [1.82, 2.24) is 30.7 Å². The predicted octanol–water partition coefficient (Wildman–Crippen LogP) is 1.12. The largest absolute Gasteiger partial charge is 0.497 e. The molecule has 0 saturated carbocycles. The molecule has 4 saturated heterocycles. The molecule has 2 aromatic carbocycles. The maximum absolute atomic E-state index is 14.5. The highest BCUT2D eigenvalue weighted by molar-refractivity contribution is 5.98. The van der Waals surface area contributed by atoms with Gasteiger partial charge in [-0.25, -0.2) is 4.79 Å². The summed E-state index contributed by atoms with van der Waals surface area (Å²) in [5.41, 5.74) is 1.45. The van der Waals surface area contributed by atoms with Crippen molar-refractivity contribution in [2.45, 2.75) is 101 Å². The topological polar surface area (TPSA) is 184 Å². The maximum atomic E-state index is 14.5. The molecule has 7 atom stereocenters. The number of benzene rings is 2. The Labute approximate surface area is 326 Å². The van der Waals surface area contributed by atoms with Crippen LogP contribution in [0.25, 0.3) is 0 Å². The van der Waals surface area contributed by atoms with Crippen molar-refractivity contribution in [3.05, 3.63) is 65.7 Å². The number of hydrogen-bond acceptors (Lipinski definition) is 9.